The van der Waals surface area contributed by atoms with E-state index in [1.54, 1.807) is 0 Å². The zero-order chi connectivity index (χ0) is 18.6. The highest BCUT2D eigenvalue weighted by atomic mass is 16.5. The van der Waals surface area contributed by atoms with Crippen LogP contribution in [0.25, 0.3) is 0 Å². The van der Waals surface area contributed by atoms with Gasteiger partial charge in [0.25, 0.3) is 0 Å². The van der Waals surface area contributed by atoms with Crippen LogP contribution in [0.4, 0.5) is 4.79 Å². The summed E-state index contributed by atoms with van der Waals surface area (Å²) in [5.41, 5.74) is 2.19. The van der Waals surface area contributed by atoms with Crippen LogP contribution in [0.2, 0.25) is 0 Å². The number of piperidine rings is 1. The van der Waals surface area contributed by atoms with Crippen LogP contribution in [0, 0.1) is 0 Å². The molecule has 1 unspecified atom stereocenters. The van der Waals surface area contributed by atoms with Crippen molar-refractivity contribution in [3.63, 3.8) is 0 Å². The predicted octanol–water partition coefficient (Wildman–Crippen LogP) is 2.43. The first-order chi connectivity index (χ1) is 13.2. The van der Waals surface area contributed by atoms with Gasteiger partial charge in [0.2, 0.25) is 5.88 Å². The third-order valence-electron chi connectivity index (χ3n) is 5.46. The highest BCUT2D eigenvalue weighted by molar-refractivity contribution is 5.74. The lowest BCUT2D eigenvalue weighted by Gasteiger charge is -2.33. The molecule has 1 saturated carbocycles. The molecule has 0 spiro atoms. The van der Waals surface area contributed by atoms with Crippen LogP contribution in [-0.2, 0) is 17.6 Å². The molecule has 27 heavy (non-hydrogen) atoms. The summed E-state index contributed by atoms with van der Waals surface area (Å²) >= 11 is 0. The van der Waals surface area contributed by atoms with Gasteiger partial charge in [0.15, 0.2) is 0 Å². The number of carbonyl (C=O) groups excluding carboxylic acids is 1. The van der Waals surface area contributed by atoms with Crippen molar-refractivity contribution in [2.75, 3.05) is 32.8 Å². The largest absolute Gasteiger partial charge is 0.472 e. The lowest BCUT2D eigenvalue weighted by molar-refractivity contribution is 0.0961. The highest BCUT2D eigenvalue weighted by Gasteiger charge is 2.31. The van der Waals surface area contributed by atoms with E-state index in [0.29, 0.717) is 32.2 Å². The number of nitrogens with zero attached hydrogens (tertiary/aromatic N) is 3. The van der Waals surface area contributed by atoms with Crippen LogP contribution in [0.1, 0.15) is 62.0 Å². The van der Waals surface area contributed by atoms with Crippen molar-refractivity contribution in [2.24, 2.45) is 0 Å². The van der Waals surface area contributed by atoms with Crippen molar-refractivity contribution in [3.8, 4) is 5.88 Å². The molecule has 1 N–H and O–H groups in total. The minimum atomic E-state index is -0.0126. The molecule has 3 aliphatic rings. The number of amides is 2. The average molecular weight is 374 g/mol. The standard InChI is InChI=1S/C20H30N4O3/c1-2-9-21-20(25)24-10-3-4-15(13-24)27-19-16-7-11-26-12-8-17(16)22-18(23-19)14-5-6-14/h14-15H,2-13H2,1H3,(H,21,25). The molecule has 2 aliphatic heterocycles. The molecule has 0 bridgehead atoms. The summed E-state index contributed by atoms with van der Waals surface area (Å²) in [6.07, 6.45) is 6.79. The van der Waals surface area contributed by atoms with Gasteiger partial charge in [-0.25, -0.2) is 9.78 Å². The molecule has 2 amide bonds. The lowest BCUT2D eigenvalue weighted by Crippen LogP contribution is -2.48. The molecule has 1 atom stereocenters. The molecule has 148 valence electrons. The number of carbonyl (C=O) groups is 1. The van der Waals surface area contributed by atoms with E-state index in [1.807, 2.05) is 4.90 Å². The maximum Gasteiger partial charge on any atom is 0.317 e. The van der Waals surface area contributed by atoms with E-state index < -0.39 is 0 Å². The predicted molar refractivity (Wildman–Crippen MR) is 101 cm³/mol. The Morgan fingerprint density at radius 3 is 2.93 bits per heavy atom. The van der Waals surface area contributed by atoms with E-state index in [0.717, 1.165) is 61.6 Å². The number of likely N-dealkylation sites (tertiary alicyclic amines) is 1. The third kappa shape index (κ3) is 4.51. The summed E-state index contributed by atoms with van der Waals surface area (Å²) in [5.74, 6) is 2.15. The molecule has 0 aromatic carbocycles. The Balaban J connectivity index is 1.49. The molecule has 1 aromatic rings. The maximum atomic E-state index is 12.3. The Labute approximate surface area is 160 Å². The van der Waals surface area contributed by atoms with Gasteiger partial charge in [0, 0.05) is 37.4 Å². The first-order valence-corrected chi connectivity index (χ1v) is 10.4. The van der Waals surface area contributed by atoms with Crippen LogP contribution in [-0.4, -0.2) is 59.9 Å². The van der Waals surface area contributed by atoms with E-state index in [1.165, 1.54) is 12.8 Å². The normalized spacial score (nSPS) is 22.7. The number of fused-ring (bicyclic) bond motifs is 1. The van der Waals surface area contributed by atoms with E-state index in [4.69, 9.17) is 19.4 Å². The van der Waals surface area contributed by atoms with Crippen LogP contribution in [0.3, 0.4) is 0 Å². The molecular formula is C20H30N4O3. The number of hydrogen-bond donors (Lipinski definition) is 1. The van der Waals surface area contributed by atoms with Gasteiger partial charge < -0.3 is 19.7 Å². The number of urea groups is 1. The second kappa shape index (κ2) is 8.42. The van der Waals surface area contributed by atoms with Gasteiger partial charge in [0.1, 0.15) is 11.9 Å². The van der Waals surface area contributed by atoms with Crippen molar-refractivity contribution < 1.29 is 14.3 Å². The molecule has 1 aromatic heterocycles. The van der Waals surface area contributed by atoms with Crippen LogP contribution in [0.5, 0.6) is 5.88 Å². The fourth-order valence-electron chi connectivity index (χ4n) is 3.77. The molecule has 4 rings (SSSR count). The Kier molecular flexibility index (Phi) is 5.76. The topological polar surface area (TPSA) is 76.6 Å². The second-order valence-electron chi connectivity index (χ2n) is 7.76. The molecular weight excluding hydrogens is 344 g/mol. The Morgan fingerprint density at radius 1 is 1.26 bits per heavy atom. The minimum Gasteiger partial charge on any atom is -0.472 e. The SMILES string of the molecule is CCCNC(=O)N1CCCC(Oc2nc(C3CC3)nc3c2CCOCC3)C1. The summed E-state index contributed by atoms with van der Waals surface area (Å²) in [6.45, 7) is 5.57. The summed E-state index contributed by atoms with van der Waals surface area (Å²) in [4.78, 5) is 23.8. The zero-order valence-electron chi connectivity index (χ0n) is 16.2. The molecule has 7 nitrogen and oxygen atoms in total. The quantitative estimate of drug-likeness (QED) is 0.857. The minimum absolute atomic E-state index is 0.0126. The number of rotatable bonds is 5. The molecule has 2 fully saturated rings. The molecule has 1 aliphatic carbocycles. The smallest absolute Gasteiger partial charge is 0.317 e. The second-order valence-corrected chi connectivity index (χ2v) is 7.76. The van der Waals surface area contributed by atoms with E-state index in [9.17, 15) is 4.79 Å². The van der Waals surface area contributed by atoms with Gasteiger partial charge in [-0.1, -0.05) is 6.92 Å². The molecule has 7 heteroatoms. The van der Waals surface area contributed by atoms with E-state index in [-0.39, 0.29) is 12.1 Å². The van der Waals surface area contributed by atoms with Crippen LogP contribution < -0.4 is 10.1 Å². The monoisotopic (exact) mass is 374 g/mol. The Bertz CT molecular complexity index is 677. The molecule has 1 saturated heterocycles. The van der Waals surface area contributed by atoms with Crippen molar-refractivity contribution in [3.05, 3.63) is 17.1 Å². The van der Waals surface area contributed by atoms with E-state index in [2.05, 4.69) is 12.2 Å². The van der Waals surface area contributed by atoms with Crippen molar-refractivity contribution in [1.82, 2.24) is 20.2 Å². The van der Waals surface area contributed by atoms with Gasteiger partial charge in [-0.15, -0.1) is 0 Å². The van der Waals surface area contributed by atoms with Gasteiger partial charge in [-0.2, -0.15) is 4.98 Å². The summed E-state index contributed by atoms with van der Waals surface area (Å²) in [7, 11) is 0. The van der Waals surface area contributed by atoms with Crippen LogP contribution in [0.15, 0.2) is 0 Å². The summed E-state index contributed by atoms with van der Waals surface area (Å²) < 4.78 is 12.0. The van der Waals surface area contributed by atoms with Gasteiger partial charge in [-0.3, -0.25) is 0 Å². The number of hydrogen-bond acceptors (Lipinski definition) is 5. The summed E-state index contributed by atoms with van der Waals surface area (Å²) in [6, 6.07) is 0.0127. The number of ether oxygens (including phenoxy) is 2. The number of aromatic nitrogens is 2. The zero-order valence-corrected chi connectivity index (χ0v) is 16.2. The van der Waals surface area contributed by atoms with Crippen LogP contribution >= 0.6 is 0 Å². The van der Waals surface area contributed by atoms with Gasteiger partial charge in [0.05, 0.1) is 25.5 Å². The maximum absolute atomic E-state index is 12.3. The molecule has 0 radical (unpaired) electrons. The lowest BCUT2D eigenvalue weighted by atomic mass is 10.1. The first-order valence-electron chi connectivity index (χ1n) is 10.4. The van der Waals surface area contributed by atoms with Crippen molar-refractivity contribution >= 4 is 6.03 Å². The van der Waals surface area contributed by atoms with E-state index >= 15 is 0 Å². The number of nitrogens with one attached hydrogen (secondary N) is 1. The Hall–Kier alpha value is -1.89. The molecule has 3 heterocycles. The van der Waals surface area contributed by atoms with Crippen molar-refractivity contribution in [1.29, 1.82) is 0 Å². The fourth-order valence-corrected chi connectivity index (χ4v) is 3.77. The van der Waals surface area contributed by atoms with Gasteiger partial charge in [-0.05, 0) is 32.1 Å². The third-order valence-corrected chi connectivity index (χ3v) is 5.46. The Morgan fingerprint density at radius 2 is 2.11 bits per heavy atom. The average Bonchev–Trinajstić information content (AvgIpc) is 3.53. The van der Waals surface area contributed by atoms with Gasteiger partial charge >= 0.3 is 6.03 Å². The van der Waals surface area contributed by atoms with Crippen molar-refractivity contribution in [2.45, 2.75) is 63.9 Å². The summed E-state index contributed by atoms with van der Waals surface area (Å²) in [5, 5.41) is 2.97. The first kappa shape index (κ1) is 18.5. The fraction of sp³-hybridized carbons (Fsp3) is 0.750. The highest BCUT2D eigenvalue weighted by Crippen LogP contribution is 2.40.